The van der Waals surface area contributed by atoms with Crippen molar-refractivity contribution in [2.45, 2.75) is 12.5 Å². The summed E-state index contributed by atoms with van der Waals surface area (Å²) in [6.45, 7) is 0. The van der Waals surface area contributed by atoms with Crippen molar-refractivity contribution in [2.24, 2.45) is 5.73 Å². The van der Waals surface area contributed by atoms with Gasteiger partial charge < -0.3 is 11.1 Å². The number of benzene rings is 2. The molecule has 0 spiro atoms. The van der Waals surface area contributed by atoms with Gasteiger partial charge in [-0.2, -0.15) is 5.10 Å². The minimum Gasteiger partial charge on any atom is -0.363 e. The number of carbonyl (C=O) groups excluding carboxylic acids is 3. The fourth-order valence-corrected chi connectivity index (χ4v) is 4.12. The molecule has 0 saturated carbocycles. The number of fused-ring (bicyclic) bond motifs is 1. The van der Waals surface area contributed by atoms with E-state index in [1.54, 1.807) is 42.9 Å². The van der Waals surface area contributed by atoms with Crippen LogP contribution in [-0.4, -0.2) is 43.4 Å². The van der Waals surface area contributed by atoms with Crippen LogP contribution in [-0.2, 0) is 16.0 Å². The number of nitrogens with zero attached hydrogens (tertiary/aromatic N) is 4. The zero-order chi connectivity index (χ0) is 25.8. The van der Waals surface area contributed by atoms with Gasteiger partial charge in [-0.05, 0) is 29.8 Å². The molecule has 5 aromatic rings. The Labute approximate surface area is 212 Å². The van der Waals surface area contributed by atoms with Gasteiger partial charge in [-0.15, -0.1) is 0 Å². The Morgan fingerprint density at radius 3 is 2.43 bits per heavy atom. The smallest absolute Gasteiger partial charge is 0.287 e. The molecule has 0 fully saturated rings. The number of carbonyl (C=O) groups is 3. The molecule has 0 radical (unpaired) electrons. The third-order valence-electron chi connectivity index (χ3n) is 5.89. The number of hydrogen-bond acceptors (Lipinski definition) is 6. The predicted molar refractivity (Wildman–Crippen MR) is 138 cm³/mol. The maximum atomic E-state index is 13.3. The summed E-state index contributed by atoms with van der Waals surface area (Å²) in [6.07, 6.45) is 5.09. The molecule has 9 heteroatoms. The first-order valence-electron chi connectivity index (χ1n) is 11.5. The molecule has 9 nitrogen and oxygen atoms in total. The highest BCUT2D eigenvalue weighted by Gasteiger charge is 2.27. The van der Waals surface area contributed by atoms with Gasteiger partial charge >= 0.3 is 0 Å². The number of hydrogen-bond donors (Lipinski definition) is 2. The molecule has 1 unspecified atom stereocenters. The van der Waals surface area contributed by atoms with Crippen LogP contribution >= 0.6 is 0 Å². The van der Waals surface area contributed by atoms with Crippen LogP contribution in [0.15, 0.2) is 97.5 Å². The standard InChI is InChI=1S/C28H22N6O3/c29-26(36)25(35)23(17-18-7-2-1-3-8-18)32-28(37)21-12-6-15-31-27(21)34-16-13-22(33-34)20-11-4-9-19-10-5-14-30-24(19)20/h1-16,23H,17H2,(H2,29,36)(H,32,37). The van der Waals surface area contributed by atoms with Gasteiger partial charge in [-0.3, -0.25) is 19.4 Å². The average molecular weight is 491 g/mol. The van der Waals surface area contributed by atoms with E-state index in [-0.39, 0.29) is 17.8 Å². The Kier molecular flexibility index (Phi) is 6.50. The van der Waals surface area contributed by atoms with Crippen LogP contribution in [0.4, 0.5) is 0 Å². The fourth-order valence-electron chi connectivity index (χ4n) is 4.12. The number of nitrogens with two attached hydrogens (primary N) is 1. The van der Waals surface area contributed by atoms with Crippen LogP contribution in [0.3, 0.4) is 0 Å². The largest absolute Gasteiger partial charge is 0.363 e. The monoisotopic (exact) mass is 490 g/mol. The molecule has 3 aromatic heterocycles. The number of ketones is 1. The first-order chi connectivity index (χ1) is 18.0. The van der Waals surface area contributed by atoms with Gasteiger partial charge in [0, 0.05) is 36.0 Å². The molecule has 2 amide bonds. The molecule has 0 bridgehead atoms. The highest BCUT2D eigenvalue weighted by atomic mass is 16.2. The molecule has 182 valence electrons. The van der Waals surface area contributed by atoms with E-state index in [0.29, 0.717) is 5.69 Å². The lowest BCUT2D eigenvalue weighted by Crippen LogP contribution is -2.47. The Bertz CT molecular complexity index is 1610. The number of rotatable bonds is 8. The van der Waals surface area contributed by atoms with Crippen LogP contribution in [0.1, 0.15) is 15.9 Å². The molecule has 2 aromatic carbocycles. The van der Waals surface area contributed by atoms with Crippen LogP contribution in [0.5, 0.6) is 0 Å². The van der Waals surface area contributed by atoms with Crippen LogP contribution < -0.4 is 11.1 Å². The van der Waals surface area contributed by atoms with E-state index in [0.717, 1.165) is 22.0 Å². The summed E-state index contributed by atoms with van der Waals surface area (Å²) in [4.78, 5) is 46.3. The summed E-state index contributed by atoms with van der Waals surface area (Å²) >= 11 is 0. The van der Waals surface area contributed by atoms with Gasteiger partial charge in [0.05, 0.1) is 16.8 Å². The zero-order valence-corrected chi connectivity index (χ0v) is 19.6. The average Bonchev–Trinajstić information content (AvgIpc) is 3.42. The van der Waals surface area contributed by atoms with Crippen molar-refractivity contribution in [2.75, 3.05) is 0 Å². The Morgan fingerprint density at radius 2 is 1.62 bits per heavy atom. The van der Waals surface area contributed by atoms with Crippen molar-refractivity contribution >= 4 is 28.5 Å². The van der Waals surface area contributed by atoms with Gasteiger partial charge in [-0.25, -0.2) is 9.67 Å². The lowest BCUT2D eigenvalue weighted by Gasteiger charge is -2.17. The molecular weight excluding hydrogens is 468 g/mol. The van der Waals surface area contributed by atoms with Crippen LogP contribution in [0.2, 0.25) is 0 Å². The maximum Gasteiger partial charge on any atom is 0.287 e. The SMILES string of the molecule is NC(=O)C(=O)C(Cc1ccccc1)NC(=O)c1cccnc1-n1ccc(-c2cccc3cccnc23)n1. The van der Waals surface area contributed by atoms with Crippen molar-refractivity contribution in [3.63, 3.8) is 0 Å². The number of Topliss-reactive ketones (excluding diaryl/α,β-unsaturated/α-hetero) is 1. The van der Waals surface area contributed by atoms with Crippen molar-refractivity contribution in [3.8, 4) is 17.1 Å². The van der Waals surface area contributed by atoms with Gasteiger partial charge in [0.15, 0.2) is 5.82 Å². The summed E-state index contributed by atoms with van der Waals surface area (Å²) in [6, 6.07) is 22.6. The molecule has 1 atom stereocenters. The maximum absolute atomic E-state index is 13.3. The number of aromatic nitrogens is 4. The summed E-state index contributed by atoms with van der Waals surface area (Å²) in [5.41, 5.74) is 8.52. The second-order valence-corrected chi connectivity index (χ2v) is 8.35. The number of nitrogens with one attached hydrogen (secondary N) is 1. The summed E-state index contributed by atoms with van der Waals surface area (Å²) in [5, 5.41) is 8.29. The Balaban J connectivity index is 1.45. The van der Waals surface area contributed by atoms with Gasteiger partial charge in [-0.1, -0.05) is 54.6 Å². The second kappa shape index (κ2) is 10.2. The van der Waals surface area contributed by atoms with Crippen molar-refractivity contribution in [1.29, 1.82) is 0 Å². The van der Waals surface area contributed by atoms with E-state index in [2.05, 4.69) is 20.4 Å². The van der Waals surface area contributed by atoms with Gasteiger partial charge in [0.25, 0.3) is 11.8 Å². The van der Waals surface area contributed by atoms with E-state index >= 15 is 0 Å². The first-order valence-corrected chi connectivity index (χ1v) is 11.5. The van der Waals surface area contributed by atoms with Crippen molar-refractivity contribution in [3.05, 3.63) is 109 Å². The third-order valence-corrected chi connectivity index (χ3v) is 5.89. The van der Waals surface area contributed by atoms with Crippen LogP contribution in [0, 0.1) is 0 Å². The molecule has 0 aliphatic rings. The quantitative estimate of drug-likeness (QED) is 0.321. The molecule has 0 aliphatic carbocycles. The number of amides is 2. The van der Waals surface area contributed by atoms with Crippen LogP contribution in [0.25, 0.3) is 28.0 Å². The third kappa shape index (κ3) is 4.96. The summed E-state index contributed by atoms with van der Waals surface area (Å²) < 4.78 is 1.49. The van der Waals surface area contributed by atoms with E-state index in [1.807, 2.05) is 54.6 Å². The van der Waals surface area contributed by atoms with Crippen molar-refractivity contribution < 1.29 is 14.4 Å². The van der Waals surface area contributed by atoms with E-state index in [9.17, 15) is 14.4 Å². The highest BCUT2D eigenvalue weighted by molar-refractivity contribution is 6.38. The predicted octanol–water partition coefficient (Wildman–Crippen LogP) is 2.88. The summed E-state index contributed by atoms with van der Waals surface area (Å²) in [5.74, 6) is -2.31. The van der Waals surface area contributed by atoms with E-state index < -0.39 is 23.6 Å². The lowest BCUT2D eigenvalue weighted by molar-refractivity contribution is -0.137. The number of primary amides is 1. The molecule has 0 aliphatic heterocycles. The van der Waals surface area contributed by atoms with Gasteiger partial charge in [0.1, 0.15) is 6.04 Å². The summed E-state index contributed by atoms with van der Waals surface area (Å²) in [7, 11) is 0. The van der Waals surface area contributed by atoms with Gasteiger partial charge in [0.2, 0.25) is 5.78 Å². The van der Waals surface area contributed by atoms with E-state index in [1.165, 1.54) is 4.68 Å². The van der Waals surface area contributed by atoms with E-state index in [4.69, 9.17) is 5.73 Å². The molecule has 5 rings (SSSR count). The Hall–Kier alpha value is -5.18. The van der Waals surface area contributed by atoms with Crippen molar-refractivity contribution in [1.82, 2.24) is 25.1 Å². The minimum atomic E-state index is -1.13. The molecule has 3 N–H and O–H groups in total. The molecule has 0 saturated heterocycles. The topological polar surface area (TPSA) is 133 Å². The zero-order valence-electron chi connectivity index (χ0n) is 19.6. The number of para-hydroxylation sites is 1. The minimum absolute atomic E-state index is 0.115. The normalized spacial score (nSPS) is 11.7. The molecule has 3 heterocycles. The highest BCUT2D eigenvalue weighted by Crippen LogP contribution is 2.26. The first kappa shape index (κ1) is 23.6. The Morgan fingerprint density at radius 1 is 0.865 bits per heavy atom. The fraction of sp³-hybridized carbons (Fsp3) is 0.0714. The molecule has 37 heavy (non-hydrogen) atoms. The second-order valence-electron chi connectivity index (χ2n) is 8.35. The molecular formula is C28H22N6O3. The number of pyridine rings is 2. The lowest BCUT2D eigenvalue weighted by atomic mass is 10.0.